The van der Waals surface area contributed by atoms with Crippen molar-refractivity contribution in [2.75, 3.05) is 6.67 Å². The quantitative estimate of drug-likeness (QED) is 0.744. The zero-order chi connectivity index (χ0) is 17.5. The lowest BCUT2D eigenvalue weighted by atomic mass is 9.57. The van der Waals surface area contributed by atoms with Gasteiger partial charge in [0.1, 0.15) is 18.6 Å². The largest absolute Gasteiger partial charge is 0.346 e. The molecule has 0 unspecified atom stereocenters. The van der Waals surface area contributed by atoms with Crippen molar-refractivity contribution in [1.29, 1.82) is 5.26 Å². The highest BCUT2D eigenvalue weighted by molar-refractivity contribution is 5.89. The van der Waals surface area contributed by atoms with Gasteiger partial charge in [-0.1, -0.05) is 0 Å². The number of nitrogens with zero attached hydrogens (tertiary/aromatic N) is 5. The molecule has 1 saturated carbocycles. The molecule has 0 aliphatic heterocycles. The maximum atomic E-state index is 13.3. The van der Waals surface area contributed by atoms with Crippen LogP contribution in [0.4, 0.5) is 4.39 Å². The van der Waals surface area contributed by atoms with Gasteiger partial charge in [-0.2, -0.15) is 10.4 Å². The Morgan fingerprint density at radius 1 is 1.40 bits per heavy atom. The standard InChI is InChI=1S/C18H15FN6/c1-2-4-18(8-17(9-18,10-19)11-20)25-7-13(6-24-25)15-14-3-5-21-16(14)23-12-22-15/h1,3,5-7,12H,4,8-10H2,(H,21,22,23). The molecule has 7 heteroatoms. The lowest BCUT2D eigenvalue weighted by Crippen LogP contribution is -2.54. The molecule has 0 aromatic carbocycles. The van der Waals surface area contributed by atoms with Crippen LogP contribution in [0.2, 0.25) is 0 Å². The Hall–Kier alpha value is -3.19. The molecule has 1 N–H and O–H groups in total. The number of hydrogen-bond acceptors (Lipinski definition) is 4. The Morgan fingerprint density at radius 2 is 2.24 bits per heavy atom. The fourth-order valence-corrected chi connectivity index (χ4v) is 3.78. The molecule has 1 aliphatic rings. The van der Waals surface area contributed by atoms with Crippen molar-refractivity contribution in [3.8, 4) is 29.7 Å². The molecular formula is C18H15FN6. The average molecular weight is 334 g/mol. The minimum atomic E-state index is -0.953. The number of aromatic nitrogens is 5. The van der Waals surface area contributed by atoms with Crippen LogP contribution >= 0.6 is 0 Å². The first kappa shape index (κ1) is 15.3. The normalized spacial score (nSPS) is 25.2. The summed E-state index contributed by atoms with van der Waals surface area (Å²) in [6.45, 7) is -0.667. The van der Waals surface area contributed by atoms with Gasteiger partial charge in [0, 0.05) is 29.8 Å². The van der Waals surface area contributed by atoms with Crippen molar-refractivity contribution in [3.63, 3.8) is 0 Å². The Bertz CT molecular complexity index is 1010. The van der Waals surface area contributed by atoms with Gasteiger partial charge in [0.05, 0.1) is 28.9 Å². The number of terminal acetylenes is 1. The molecule has 1 fully saturated rings. The van der Waals surface area contributed by atoms with E-state index in [9.17, 15) is 9.65 Å². The van der Waals surface area contributed by atoms with Crippen LogP contribution in [0.3, 0.4) is 0 Å². The van der Waals surface area contributed by atoms with Gasteiger partial charge in [-0.3, -0.25) is 4.68 Å². The number of nitriles is 1. The fraction of sp³-hybridized carbons (Fsp3) is 0.333. The minimum absolute atomic E-state index is 0.363. The first-order valence-corrected chi connectivity index (χ1v) is 7.90. The van der Waals surface area contributed by atoms with E-state index in [2.05, 4.69) is 32.0 Å². The highest BCUT2D eigenvalue weighted by atomic mass is 19.1. The van der Waals surface area contributed by atoms with E-state index in [4.69, 9.17) is 6.42 Å². The second-order valence-electron chi connectivity index (χ2n) is 6.62. The highest BCUT2D eigenvalue weighted by Crippen LogP contribution is 2.54. The molecule has 4 rings (SSSR count). The first-order chi connectivity index (χ1) is 12.2. The summed E-state index contributed by atoms with van der Waals surface area (Å²) in [7, 11) is 0. The number of alkyl halides is 1. The predicted molar refractivity (Wildman–Crippen MR) is 89.8 cm³/mol. The second kappa shape index (κ2) is 5.42. The molecule has 3 aromatic heterocycles. The molecule has 25 heavy (non-hydrogen) atoms. The number of fused-ring (bicyclic) bond motifs is 1. The van der Waals surface area contributed by atoms with E-state index < -0.39 is 17.6 Å². The molecule has 0 atom stereocenters. The SMILES string of the molecule is C#CCC1(n2cc(-c3ncnc4[nH]ccc34)cn2)CC(C#N)(CF)C1. The Kier molecular flexibility index (Phi) is 3.33. The second-order valence-corrected chi connectivity index (χ2v) is 6.62. The third-order valence-corrected chi connectivity index (χ3v) is 4.95. The van der Waals surface area contributed by atoms with Gasteiger partial charge >= 0.3 is 0 Å². The summed E-state index contributed by atoms with van der Waals surface area (Å²) in [5.41, 5.74) is 0.883. The van der Waals surface area contributed by atoms with Gasteiger partial charge in [0.2, 0.25) is 0 Å². The molecule has 3 aromatic rings. The van der Waals surface area contributed by atoms with Crippen molar-refractivity contribution in [2.24, 2.45) is 5.41 Å². The summed E-state index contributed by atoms with van der Waals surface area (Å²) in [5.74, 6) is 2.65. The van der Waals surface area contributed by atoms with E-state index >= 15 is 0 Å². The molecular weight excluding hydrogens is 319 g/mol. The Balaban J connectivity index is 1.72. The van der Waals surface area contributed by atoms with Gasteiger partial charge in [0.15, 0.2) is 0 Å². The van der Waals surface area contributed by atoms with E-state index in [0.717, 1.165) is 22.3 Å². The number of H-pyrrole nitrogens is 1. The van der Waals surface area contributed by atoms with E-state index in [0.29, 0.717) is 19.3 Å². The average Bonchev–Trinajstić information content (AvgIpc) is 3.26. The highest BCUT2D eigenvalue weighted by Gasteiger charge is 2.56. The fourth-order valence-electron chi connectivity index (χ4n) is 3.78. The molecule has 0 bridgehead atoms. The summed E-state index contributed by atoms with van der Waals surface area (Å²) in [6, 6.07) is 4.01. The summed E-state index contributed by atoms with van der Waals surface area (Å²) in [5, 5.41) is 14.6. The maximum absolute atomic E-state index is 13.3. The third kappa shape index (κ3) is 2.20. The third-order valence-electron chi connectivity index (χ3n) is 4.95. The number of rotatable bonds is 4. The van der Waals surface area contributed by atoms with E-state index in [1.54, 1.807) is 10.9 Å². The van der Waals surface area contributed by atoms with Gasteiger partial charge in [-0.05, 0) is 18.9 Å². The van der Waals surface area contributed by atoms with Crippen LogP contribution < -0.4 is 0 Å². The molecule has 6 nitrogen and oxygen atoms in total. The Labute approximate surface area is 143 Å². The predicted octanol–water partition coefficient (Wildman–Crippen LogP) is 2.81. The van der Waals surface area contributed by atoms with Gasteiger partial charge in [-0.15, -0.1) is 12.3 Å². The van der Waals surface area contributed by atoms with Crippen LogP contribution in [-0.2, 0) is 5.54 Å². The van der Waals surface area contributed by atoms with Crippen LogP contribution in [0, 0.1) is 29.1 Å². The first-order valence-electron chi connectivity index (χ1n) is 7.90. The van der Waals surface area contributed by atoms with Crippen molar-refractivity contribution in [3.05, 3.63) is 31.0 Å². The van der Waals surface area contributed by atoms with Gasteiger partial charge in [-0.25, -0.2) is 14.4 Å². The van der Waals surface area contributed by atoms with E-state index in [-0.39, 0.29) is 0 Å². The number of nitrogens with one attached hydrogen (secondary N) is 1. The van der Waals surface area contributed by atoms with Crippen LogP contribution in [0.25, 0.3) is 22.3 Å². The molecule has 0 spiro atoms. The summed E-state index contributed by atoms with van der Waals surface area (Å²) < 4.78 is 15.0. The lowest BCUT2D eigenvalue weighted by molar-refractivity contribution is -0.00898. The number of aromatic amines is 1. The number of hydrogen-bond donors (Lipinski definition) is 1. The molecule has 0 saturated heterocycles. The van der Waals surface area contributed by atoms with Crippen LogP contribution in [0.15, 0.2) is 31.0 Å². The van der Waals surface area contributed by atoms with Crippen LogP contribution in [-0.4, -0.2) is 31.4 Å². The monoisotopic (exact) mass is 334 g/mol. The molecule has 0 radical (unpaired) electrons. The number of halogens is 1. The smallest absolute Gasteiger partial charge is 0.141 e. The zero-order valence-electron chi connectivity index (χ0n) is 13.4. The van der Waals surface area contributed by atoms with Crippen molar-refractivity contribution < 1.29 is 4.39 Å². The lowest BCUT2D eigenvalue weighted by Gasteiger charge is -2.50. The molecule has 1 aliphatic carbocycles. The van der Waals surface area contributed by atoms with Gasteiger partial charge in [0.25, 0.3) is 0 Å². The summed E-state index contributed by atoms with van der Waals surface area (Å²) >= 11 is 0. The summed E-state index contributed by atoms with van der Waals surface area (Å²) in [4.78, 5) is 11.6. The van der Waals surface area contributed by atoms with Gasteiger partial charge < -0.3 is 4.98 Å². The Morgan fingerprint density at radius 3 is 2.96 bits per heavy atom. The molecule has 3 heterocycles. The molecule has 0 amide bonds. The summed E-state index contributed by atoms with van der Waals surface area (Å²) in [6.07, 6.45) is 13.5. The zero-order valence-corrected chi connectivity index (χ0v) is 13.4. The van der Waals surface area contributed by atoms with Crippen molar-refractivity contribution in [2.45, 2.75) is 24.8 Å². The minimum Gasteiger partial charge on any atom is -0.346 e. The van der Waals surface area contributed by atoms with Crippen molar-refractivity contribution >= 4 is 11.0 Å². The van der Waals surface area contributed by atoms with E-state index in [1.165, 1.54) is 6.33 Å². The van der Waals surface area contributed by atoms with E-state index in [1.807, 2.05) is 18.5 Å². The maximum Gasteiger partial charge on any atom is 0.141 e. The molecule has 124 valence electrons. The topological polar surface area (TPSA) is 83.2 Å². The van der Waals surface area contributed by atoms with Crippen LogP contribution in [0.5, 0.6) is 0 Å². The van der Waals surface area contributed by atoms with Crippen molar-refractivity contribution in [1.82, 2.24) is 24.7 Å². The van der Waals surface area contributed by atoms with Crippen LogP contribution in [0.1, 0.15) is 19.3 Å².